The fourth-order valence-electron chi connectivity index (χ4n) is 3.28. The van der Waals surface area contributed by atoms with Gasteiger partial charge in [-0.15, -0.1) is 0 Å². The maximum atomic E-state index is 12.3. The number of urea groups is 1. The summed E-state index contributed by atoms with van der Waals surface area (Å²) >= 11 is 0. The Labute approximate surface area is 161 Å². The summed E-state index contributed by atoms with van der Waals surface area (Å²) in [5.74, 6) is 0.658. The number of ether oxygens (including phenoxy) is 1. The Morgan fingerprint density at radius 1 is 1.15 bits per heavy atom. The number of methoxy groups -OCH3 is 1. The maximum absolute atomic E-state index is 12.3. The van der Waals surface area contributed by atoms with Gasteiger partial charge in [-0.3, -0.25) is 15.0 Å². The number of amides is 3. The van der Waals surface area contributed by atoms with Crippen LogP contribution in [0.2, 0.25) is 0 Å². The van der Waals surface area contributed by atoms with Gasteiger partial charge in [-0.1, -0.05) is 12.1 Å². The second-order valence-electron chi connectivity index (χ2n) is 7.39. The molecule has 0 radical (unpaired) electrons. The lowest BCUT2D eigenvalue weighted by Gasteiger charge is -2.37. The van der Waals surface area contributed by atoms with Crippen LogP contribution in [0.1, 0.15) is 25.3 Å². The third-order valence-corrected chi connectivity index (χ3v) is 5.36. The topological polar surface area (TPSA) is 73.9 Å². The standard InChI is InChI=1S/C20H30N4O3/c1-15(19(25)22-20(26)21-17-5-6-17)24-13-11-23(12-14-24)10-9-16-3-7-18(27-2)8-4-16/h3-4,7-8,15,17H,5-6,9-14H2,1-2H3,(H2,21,22,25,26). The summed E-state index contributed by atoms with van der Waals surface area (Å²) in [6.07, 6.45) is 3.02. The molecule has 7 nitrogen and oxygen atoms in total. The van der Waals surface area contributed by atoms with Gasteiger partial charge in [0.05, 0.1) is 13.2 Å². The Morgan fingerprint density at radius 2 is 1.81 bits per heavy atom. The highest BCUT2D eigenvalue weighted by molar-refractivity contribution is 5.97. The molecule has 1 aromatic carbocycles. The lowest BCUT2D eigenvalue weighted by atomic mass is 10.1. The maximum Gasteiger partial charge on any atom is 0.321 e. The Hall–Kier alpha value is -2.12. The number of nitrogens with one attached hydrogen (secondary N) is 2. The molecule has 3 amide bonds. The molecule has 2 fully saturated rings. The second kappa shape index (κ2) is 9.19. The first-order chi connectivity index (χ1) is 13.0. The number of carbonyl (C=O) groups is 2. The molecular formula is C20H30N4O3. The molecule has 1 aliphatic heterocycles. The van der Waals surface area contributed by atoms with Gasteiger partial charge in [-0.25, -0.2) is 4.79 Å². The first kappa shape index (κ1) is 19.6. The molecule has 1 aliphatic carbocycles. The highest BCUT2D eigenvalue weighted by atomic mass is 16.5. The summed E-state index contributed by atoms with van der Waals surface area (Å²) in [6, 6.07) is 7.79. The van der Waals surface area contributed by atoms with Crippen molar-refractivity contribution in [1.82, 2.24) is 20.4 Å². The van der Waals surface area contributed by atoms with Crippen molar-refractivity contribution in [2.75, 3.05) is 39.8 Å². The lowest BCUT2D eigenvalue weighted by molar-refractivity contribution is -0.125. The van der Waals surface area contributed by atoms with Crippen LogP contribution in [-0.4, -0.2) is 73.7 Å². The molecule has 27 heavy (non-hydrogen) atoms. The Morgan fingerprint density at radius 3 is 2.41 bits per heavy atom. The summed E-state index contributed by atoms with van der Waals surface area (Å²) < 4.78 is 5.19. The van der Waals surface area contributed by atoms with Gasteiger partial charge >= 0.3 is 6.03 Å². The van der Waals surface area contributed by atoms with E-state index >= 15 is 0 Å². The van der Waals surface area contributed by atoms with Crippen molar-refractivity contribution < 1.29 is 14.3 Å². The van der Waals surface area contributed by atoms with Gasteiger partial charge in [0.25, 0.3) is 0 Å². The van der Waals surface area contributed by atoms with E-state index in [4.69, 9.17) is 4.74 Å². The largest absolute Gasteiger partial charge is 0.497 e. The van der Waals surface area contributed by atoms with Gasteiger partial charge in [0.2, 0.25) is 5.91 Å². The van der Waals surface area contributed by atoms with Gasteiger partial charge in [-0.2, -0.15) is 0 Å². The van der Waals surface area contributed by atoms with E-state index in [1.54, 1.807) is 7.11 Å². The molecule has 1 saturated heterocycles. The first-order valence-corrected chi connectivity index (χ1v) is 9.76. The number of benzene rings is 1. The first-order valence-electron chi connectivity index (χ1n) is 9.76. The monoisotopic (exact) mass is 374 g/mol. The van der Waals surface area contributed by atoms with E-state index in [9.17, 15) is 9.59 Å². The lowest BCUT2D eigenvalue weighted by Crippen LogP contribution is -2.55. The fourth-order valence-corrected chi connectivity index (χ4v) is 3.28. The van der Waals surface area contributed by atoms with E-state index < -0.39 is 0 Å². The molecule has 3 rings (SSSR count). The molecular weight excluding hydrogens is 344 g/mol. The number of rotatable bonds is 7. The minimum Gasteiger partial charge on any atom is -0.497 e. The van der Waals surface area contributed by atoms with E-state index in [0.29, 0.717) is 0 Å². The van der Waals surface area contributed by atoms with Gasteiger partial charge in [-0.05, 0) is 43.9 Å². The second-order valence-corrected chi connectivity index (χ2v) is 7.39. The predicted octanol–water partition coefficient (Wildman–Crippen LogP) is 1.23. The zero-order valence-corrected chi connectivity index (χ0v) is 16.2. The van der Waals surface area contributed by atoms with Crippen LogP contribution in [0.15, 0.2) is 24.3 Å². The third kappa shape index (κ3) is 5.94. The van der Waals surface area contributed by atoms with Crippen LogP contribution in [0, 0.1) is 0 Å². The van der Waals surface area contributed by atoms with Gasteiger partial charge in [0.15, 0.2) is 0 Å². The number of piperazine rings is 1. The fraction of sp³-hybridized carbons (Fsp3) is 0.600. The molecule has 0 spiro atoms. The summed E-state index contributed by atoms with van der Waals surface area (Å²) in [6.45, 7) is 6.41. The average Bonchev–Trinajstić information content (AvgIpc) is 3.50. The van der Waals surface area contributed by atoms with Crippen LogP contribution in [0.25, 0.3) is 0 Å². The molecule has 0 bridgehead atoms. The molecule has 1 aromatic rings. The molecule has 148 valence electrons. The molecule has 1 unspecified atom stereocenters. The molecule has 7 heteroatoms. The van der Waals surface area contributed by atoms with Crippen LogP contribution < -0.4 is 15.4 Å². The van der Waals surface area contributed by atoms with Crippen molar-refractivity contribution in [2.24, 2.45) is 0 Å². The van der Waals surface area contributed by atoms with Crippen molar-refractivity contribution in [2.45, 2.75) is 38.3 Å². The zero-order valence-electron chi connectivity index (χ0n) is 16.2. The van der Waals surface area contributed by atoms with Crippen molar-refractivity contribution in [3.8, 4) is 5.75 Å². The van der Waals surface area contributed by atoms with E-state index in [0.717, 1.165) is 57.7 Å². The molecule has 2 N–H and O–H groups in total. The van der Waals surface area contributed by atoms with Crippen LogP contribution in [0.4, 0.5) is 4.79 Å². The number of hydrogen-bond acceptors (Lipinski definition) is 5. The van der Waals surface area contributed by atoms with Gasteiger partial charge in [0, 0.05) is 38.8 Å². The van der Waals surface area contributed by atoms with Gasteiger partial charge < -0.3 is 15.0 Å². The van der Waals surface area contributed by atoms with Crippen LogP contribution in [0.5, 0.6) is 5.75 Å². The molecule has 0 aromatic heterocycles. The van der Waals surface area contributed by atoms with Gasteiger partial charge in [0.1, 0.15) is 5.75 Å². The summed E-state index contributed by atoms with van der Waals surface area (Å²) in [4.78, 5) is 28.6. The molecule has 1 atom stereocenters. The van der Waals surface area contributed by atoms with Crippen molar-refractivity contribution in [1.29, 1.82) is 0 Å². The Balaban J connectivity index is 1.36. The van der Waals surface area contributed by atoms with Crippen LogP contribution >= 0.6 is 0 Å². The number of imide groups is 1. The summed E-state index contributed by atoms with van der Waals surface area (Å²) in [7, 11) is 1.68. The highest BCUT2D eigenvalue weighted by Gasteiger charge is 2.28. The molecule has 2 aliphatic rings. The van der Waals surface area contributed by atoms with Crippen molar-refractivity contribution in [3.05, 3.63) is 29.8 Å². The highest BCUT2D eigenvalue weighted by Crippen LogP contribution is 2.18. The van der Waals surface area contributed by atoms with E-state index in [1.807, 2.05) is 19.1 Å². The van der Waals surface area contributed by atoms with E-state index in [-0.39, 0.29) is 24.0 Å². The van der Waals surface area contributed by atoms with Crippen LogP contribution in [0.3, 0.4) is 0 Å². The zero-order chi connectivity index (χ0) is 19.2. The van der Waals surface area contributed by atoms with E-state index in [2.05, 4.69) is 32.6 Å². The number of nitrogens with zero attached hydrogens (tertiary/aromatic N) is 2. The molecule has 1 heterocycles. The Kier molecular flexibility index (Phi) is 6.68. The van der Waals surface area contributed by atoms with Crippen molar-refractivity contribution >= 4 is 11.9 Å². The number of hydrogen-bond donors (Lipinski definition) is 2. The van der Waals surface area contributed by atoms with E-state index in [1.165, 1.54) is 5.56 Å². The minimum absolute atomic E-state index is 0.222. The number of carbonyl (C=O) groups excluding carboxylic acids is 2. The normalized spacial score (nSPS) is 19.3. The third-order valence-electron chi connectivity index (χ3n) is 5.36. The summed E-state index contributed by atoms with van der Waals surface area (Å²) in [5.41, 5.74) is 1.30. The predicted molar refractivity (Wildman–Crippen MR) is 104 cm³/mol. The van der Waals surface area contributed by atoms with Crippen molar-refractivity contribution in [3.63, 3.8) is 0 Å². The smallest absolute Gasteiger partial charge is 0.321 e. The van der Waals surface area contributed by atoms with Crippen LogP contribution in [-0.2, 0) is 11.2 Å². The SMILES string of the molecule is COc1ccc(CCN2CCN(C(C)C(=O)NC(=O)NC3CC3)CC2)cc1. The average molecular weight is 374 g/mol. The minimum atomic E-state index is -0.368. The quantitative estimate of drug-likeness (QED) is 0.751. The summed E-state index contributed by atoms with van der Waals surface area (Å²) in [5, 5.41) is 5.24. The molecule has 1 saturated carbocycles. The Bertz CT molecular complexity index is 637.